The number of aldehydes is 1. The van der Waals surface area contributed by atoms with Gasteiger partial charge < -0.3 is 63.0 Å². The number of nitriles is 1. The number of ether oxygens (including phenoxy) is 9. The molecule has 88 heavy (non-hydrogen) atoms. The molecule has 1 saturated heterocycles. The SMILES string of the molecule is CC1(C)CCN(S(=O)(=O)c2cc(-c3cnc(C(F)(F)F)cc3C#N)c(Cl)cc2OCCOCCOCCOCCOCCOCCOCCOCCOCCNC(=O)CN2CCN(CC=O)CCN(CC(=O)O)CCN(CC(=O)O)CC2)c2ccccc21. The summed E-state index contributed by atoms with van der Waals surface area (Å²) in [6.45, 7) is 12.3. The van der Waals surface area contributed by atoms with Crippen molar-refractivity contribution in [2.45, 2.75) is 36.8 Å². The molecule has 0 unspecified atom stereocenters. The number of alkyl halides is 3. The van der Waals surface area contributed by atoms with Crippen LogP contribution in [0.3, 0.4) is 0 Å². The van der Waals surface area contributed by atoms with Crippen LogP contribution in [0.4, 0.5) is 18.9 Å². The van der Waals surface area contributed by atoms with E-state index in [0.29, 0.717) is 150 Å². The third-order valence-electron chi connectivity index (χ3n) is 14.1. The molecular formula is C58H82ClF3N8O17S. The summed E-state index contributed by atoms with van der Waals surface area (Å²) in [6.07, 6.45) is -2.69. The molecule has 0 bridgehead atoms. The zero-order chi connectivity index (χ0) is 63.8. The van der Waals surface area contributed by atoms with Crippen molar-refractivity contribution in [3.63, 3.8) is 0 Å². The summed E-state index contributed by atoms with van der Waals surface area (Å²) in [5.74, 6) is -2.34. The number of benzene rings is 2. The Labute approximate surface area is 516 Å². The molecule has 25 nitrogen and oxygen atoms in total. The number of sulfonamides is 1. The van der Waals surface area contributed by atoms with E-state index in [4.69, 9.17) is 54.2 Å². The molecule has 2 aromatic carbocycles. The highest BCUT2D eigenvalue weighted by molar-refractivity contribution is 7.93. The van der Waals surface area contributed by atoms with Gasteiger partial charge >= 0.3 is 18.1 Å². The standard InChI is InChI=1S/C58H82ClF3N8O17S/c1-57(2)7-9-70(50-6-4-3-5-48(50)57)88(77,78)52-38-46(47-41-65-53(58(60,61)62)37-45(47)40-63)49(59)39-51(52)87-36-35-86-34-33-85-32-31-84-30-29-83-28-27-82-26-25-81-24-23-80-22-21-79-20-8-64-54(72)42-67-12-10-66(18-19-71)11-13-68(43-55(73)74)16-17-69(15-14-67)44-56(75)76/h3-6,19,37-39,41H,7-18,20-36,42-44H2,1-2H3,(H,64,72)(H,73,74)(H,75,76). The van der Waals surface area contributed by atoms with Gasteiger partial charge in [0.15, 0.2) is 0 Å². The summed E-state index contributed by atoms with van der Waals surface area (Å²) < 4.78 is 122. The van der Waals surface area contributed by atoms with E-state index in [-0.39, 0.29) is 110 Å². The number of halogens is 4. The maximum absolute atomic E-state index is 14.6. The minimum Gasteiger partial charge on any atom is -0.490 e. The summed E-state index contributed by atoms with van der Waals surface area (Å²) >= 11 is 6.66. The van der Waals surface area contributed by atoms with Crippen LogP contribution >= 0.6 is 11.6 Å². The van der Waals surface area contributed by atoms with Gasteiger partial charge in [0.25, 0.3) is 10.0 Å². The van der Waals surface area contributed by atoms with E-state index in [1.54, 1.807) is 28.0 Å². The van der Waals surface area contributed by atoms with Gasteiger partial charge in [-0.05, 0) is 35.6 Å². The van der Waals surface area contributed by atoms with Crippen LogP contribution < -0.4 is 14.4 Å². The van der Waals surface area contributed by atoms with E-state index in [2.05, 4.69) is 10.3 Å². The third kappa shape index (κ3) is 25.7. The zero-order valence-corrected chi connectivity index (χ0v) is 51.5. The summed E-state index contributed by atoms with van der Waals surface area (Å²) in [7, 11) is -4.40. The molecule has 3 aromatic rings. The highest BCUT2D eigenvalue weighted by atomic mass is 35.5. The van der Waals surface area contributed by atoms with Gasteiger partial charge in [0.05, 0.1) is 154 Å². The minimum absolute atomic E-state index is 0.0228. The second-order valence-electron chi connectivity index (χ2n) is 20.9. The number of nitrogens with zero attached hydrogens (tertiary/aromatic N) is 7. The smallest absolute Gasteiger partial charge is 0.433 e. The van der Waals surface area contributed by atoms with Crippen LogP contribution in [0.2, 0.25) is 5.02 Å². The number of anilines is 1. The number of carbonyl (C=O) groups is 4. The van der Waals surface area contributed by atoms with Crippen LogP contribution in [-0.4, -0.2) is 271 Å². The average molecular weight is 1290 g/mol. The first-order chi connectivity index (χ1) is 42.2. The Bertz CT molecular complexity index is 2800. The highest BCUT2D eigenvalue weighted by Crippen LogP contribution is 2.45. The number of hydrogen-bond acceptors (Lipinski definition) is 21. The van der Waals surface area contributed by atoms with Gasteiger partial charge in [0.2, 0.25) is 5.91 Å². The van der Waals surface area contributed by atoms with E-state index < -0.39 is 39.4 Å². The van der Waals surface area contributed by atoms with Crippen molar-refractivity contribution >= 4 is 51.4 Å². The molecule has 5 rings (SSSR count). The fraction of sp³-hybridized carbons (Fsp3) is 0.621. The first kappa shape index (κ1) is 73.0. The van der Waals surface area contributed by atoms with E-state index in [1.165, 1.54) is 16.4 Å². The van der Waals surface area contributed by atoms with Gasteiger partial charge in [-0.15, -0.1) is 0 Å². The number of carboxylic acid groups (broad SMARTS) is 2. The Hall–Kier alpha value is -5.69. The number of pyridine rings is 1. The highest BCUT2D eigenvalue weighted by Gasteiger charge is 2.39. The van der Waals surface area contributed by atoms with Crippen molar-refractivity contribution in [2.75, 3.05) is 208 Å². The van der Waals surface area contributed by atoms with Gasteiger partial charge in [0, 0.05) is 88.8 Å². The molecule has 3 N–H and O–H groups in total. The maximum atomic E-state index is 14.6. The van der Waals surface area contributed by atoms with Gasteiger partial charge in [0.1, 0.15) is 29.2 Å². The van der Waals surface area contributed by atoms with Crippen LogP contribution in [0.25, 0.3) is 11.1 Å². The predicted molar refractivity (Wildman–Crippen MR) is 315 cm³/mol. The number of amides is 1. The van der Waals surface area contributed by atoms with Crippen molar-refractivity contribution in [1.82, 2.24) is 29.9 Å². The van der Waals surface area contributed by atoms with Crippen molar-refractivity contribution in [3.05, 3.63) is 70.5 Å². The normalized spacial score (nSPS) is 15.9. The molecule has 3 heterocycles. The molecule has 1 fully saturated rings. The number of aliphatic carboxylic acids is 2. The largest absolute Gasteiger partial charge is 0.490 e. The number of fused-ring (bicyclic) bond motifs is 1. The molecule has 0 saturated carbocycles. The molecule has 2 aliphatic heterocycles. The zero-order valence-electron chi connectivity index (χ0n) is 49.9. The Balaban J connectivity index is 0.859. The van der Waals surface area contributed by atoms with E-state index in [9.17, 15) is 56.2 Å². The minimum atomic E-state index is -4.82. The molecule has 1 amide bonds. The predicted octanol–water partition coefficient (Wildman–Crippen LogP) is 3.39. The lowest BCUT2D eigenvalue weighted by Crippen LogP contribution is -2.49. The van der Waals surface area contributed by atoms with Crippen LogP contribution in [0.5, 0.6) is 5.75 Å². The topological polar surface area (TPSA) is 291 Å². The lowest BCUT2D eigenvalue weighted by molar-refractivity contribution is -0.141. The number of hydrogen-bond donors (Lipinski definition) is 3. The Kier molecular flexibility index (Phi) is 32.2. The van der Waals surface area contributed by atoms with Crippen molar-refractivity contribution in [3.8, 4) is 22.9 Å². The van der Waals surface area contributed by atoms with Crippen molar-refractivity contribution < 1.29 is 93.6 Å². The molecule has 1 aromatic heterocycles. The summed E-state index contributed by atoms with van der Waals surface area (Å²) in [6, 6.07) is 11.9. The number of nitrogens with one attached hydrogen (secondary N) is 1. The number of carboxylic acids is 2. The van der Waals surface area contributed by atoms with E-state index >= 15 is 0 Å². The Morgan fingerprint density at radius 1 is 0.670 bits per heavy atom. The summed E-state index contributed by atoms with van der Waals surface area (Å²) in [5.41, 5.74) is -0.844. The molecule has 30 heteroatoms. The van der Waals surface area contributed by atoms with Gasteiger partial charge in [-0.2, -0.15) is 18.4 Å². The lowest BCUT2D eigenvalue weighted by Gasteiger charge is -2.39. The van der Waals surface area contributed by atoms with Crippen molar-refractivity contribution in [1.29, 1.82) is 5.26 Å². The quantitative estimate of drug-likeness (QED) is 0.0545. The van der Waals surface area contributed by atoms with Crippen LogP contribution in [0.1, 0.15) is 37.1 Å². The van der Waals surface area contributed by atoms with Gasteiger partial charge in [-0.1, -0.05) is 43.6 Å². The van der Waals surface area contributed by atoms with Crippen LogP contribution in [0.15, 0.2) is 53.6 Å². The monoisotopic (exact) mass is 1290 g/mol. The number of carbonyl (C=O) groups excluding carboxylic acids is 2. The molecule has 0 radical (unpaired) electrons. The second-order valence-corrected chi connectivity index (χ2v) is 23.2. The maximum Gasteiger partial charge on any atom is 0.433 e. The molecule has 0 aliphatic carbocycles. The fourth-order valence-corrected chi connectivity index (χ4v) is 11.2. The first-order valence-electron chi connectivity index (χ1n) is 28.9. The summed E-state index contributed by atoms with van der Waals surface area (Å²) in [4.78, 5) is 57.6. The van der Waals surface area contributed by atoms with Crippen molar-refractivity contribution in [2.24, 2.45) is 0 Å². The Morgan fingerprint density at radius 2 is 1.12 bits per heavy atom. The molecule has 2 aliphatic rings. The molecule has 0 spiro atoms. The van der Waals surface area contributed by atoms with Crippen LogP contribution in [0, 0.1) is 11.3 Å². The lowest BCUT2D eigenvalue weighted by atomic mass is 9.78. The van der Waals surface area contributed by atoms with Crippen LogP contribution in [-0.2, 0) is 78.7 Å². The van der Waals surface area contributed by atoms with E-state index in [1.807, 2.05) is 35.8 Å². The summed E-state index contributed by atoms with van der Waals surface area (Å²) in [5, 5.41) is 31.4. The Morgan fingerprint density at radius 3 is 1.59 bits per heavy atom. The fourth-order valence-electron chi connectivity index (χ4n) is 9.34. The van der Waals surface area contributed by atoms with Gasteiger partial charge in [-0.25, -0.2) is 8.42 Å². The number of aromatic nitrogens is 1. The van der Waals surface area contributed by atoms with E-state index in [0.717, 1.165) is 18.0 Å². The second kappa shape index (κ2) is 38.8. The molecule has 490 valence electrons. The molecular weight excluding hydrogens is 1210 g/mol. The number of rotatable bonds is 39. The number of para-hydroxylation sites is 1. The van der Waals surface area contributed by atoms with Gasteiger partial charge in [-0.3, -0.25) is 43.3 Å². The third-order valence-corrected chi connectivity index (χ3v) is 16.2. The average Bonchev–Trinajstić information content (AvgIpc) is 0.802. The first-order valence-corrected chi connectivity index (χ1v) is 30.8. The molecule has 0 atom stereocenters.